The standard InChI is InChI=1S/C21H33F3O3/c1-2-3-4-5-6-7-8-14-19(27-20(25)26)15-10-12-17-11-9-13-18(16-17)21(22,23)24/h9,11,13,16,19-20,25-26H,2-8,10,12,14-15H2,1H3. The Bertz CT molecular complexity index is 504. The van der Waals surface area contributed by atoms with Gasteiger partial charge < -0.3 is 14.9 Å². The second kappa shape index (κ2) is 13.1. The summed E-state index contributed by atoms with van der Waals surface area (Å²) in [4.78, 5) is 0. The minimum atomic E-state index is -4.33. The zero-order chi connectivity index (χ0) is 20.1. The molecule has 27 heavy (non-hydrogen) atoms. The summed E-state index contributed by atoms with van der Waals surface area (Å²) in [5.41, 5.74) is -0.00861. The fourth-order valence-electron chi connectivity index (χ4n) is 3.22. The van der Waals surface area contributed by atoms with E-state index in [4.69, 9.17) is 14.9 Å². The first kappa shape index (κ1) is 23.9. The number of aliphatic hydroxyl groups is 2. The first-order valence-electron chi connectivity index (χ1n) is 10.0. The fraction of sp³-hybridized carbons (Fsp3) is 0.714. The maximum absolute atomic E-state index is 12.8. The van der Waals surface area contributed by atoms with E-state index >= 15 is 0 Å². The topological polar surface area (TPSA) is 49.7 Å². The number of hydrogen-bond donors (Lipinski definition) is 2. The second-order valence-electron chi connectivity index (χ2n) is 7.08. The lowest BCUT2D eigenvalue weighted by Crippen LogP contribution is -2.21. The van der Waals surface area contributed by atoms with E-state index in [2.05, 4.69) is 6.92 Å². The zero-order valence-corrected chi connectivity index (χ0v) is 16.2. The van der Waals surface area contributed by atoms with Crippen molar-refractivity contribution in [3.8, 4) is 0 Å². The van der Waals surface area contributed by atoms with Crippen LogP contribution in [-0.2, 0) is 17.3 Å². The summed E-state index contributed by atoms with van der Waals surface area (Å²) in [5.74, 6) is 0. The lowest BCUT2D eigenvalue weighted by Gasteiger charge is -2.19. The smallest absolute Gasteiger partial charge is 0.346 e. The number of hydrogen-bond acceptors (Lipinski definition) is 3. The summed E-state index contributed by atoms with van der Waals surface area (Å²) in [6.07, 6.45) is 5.99. The van der Waals surface area contributed by atoms with E-state index < -0.39 is 18.2 Å². The maximum Gasteiger partial charge on any atom is 0.416 e. The van der Waals surface area contributed by atoms with Crippen molar-refractivity contribution in [2.45, 2.75) is 96.3 Å². The predicted molar refractivity (Wildman–Crippen MR) is 100 cm³/mol. The average molecular weight is 390 g/mol. The van der Waals surface area contributed by atoms with Gasteiger partial charge in [-0.15, -0.1) is 0 Å². The summed E-state index contributed by atoms with van der Waals surface area (Å²) in [6.45, 7) is 0.370. The van der Waals surface area contributed by atoms with Crippen LogP contribution < -0.4 is 0 Å². The van der Waals surface area contributed by atoms with E-state index in [1.165, 1.54) is 44.2 Å². The van der Waals surface area contributed by atoms with Gasteiger partial charge in [0.05, 0.1) is 11.7 Å². The molecule has 0 spiro atoms. The third-order valence-corrected chi connectivity index (χ3v) is 4.69. The highest BCUT2D eigenvalue weighted by Gasteiger charge is 2.30. The van der Waals surface area contributed by atoms with E-state index in [1.54, 1.807) is 6.07 Å². The third kappa shape index (κ3) is 11.4. The zero-order valence-electron chi connectivity index (χ0n) is 16.2. The monoisotopic (exact) mass is 390 g/mol. The summed E-state index contributed by atoms with van der Waals surface area (Å²) >= 11 is 0. The minimum absolute atomic E-state index is 0.286. The molecule has 0 radical (unpaired) electrons. The van der Waals surface area contributed by atoms with Crippen molar-refractivity contribution in [2.75, 3.05) is 0 Å². The molecule has 3 nitrogen and oxygen atoms in total. The summed E-state index contributed by atoms with van der Waals surface area (Å²) in [6, 6.07) is 5.34. The molecular weight excluding hydrogens is 357 g/mol. The Kier molecular flexibility index (Phi) is 11.6. The van der Waals surface area contributed by atoms with Crippen LogP contribution in [0.5, 0.6) is 0 Å². The molecule has 0 saturated heterocycles. The number of alkyl halides is 3. The molecule has 1 unspecified atom stereocenters. The van der Waals surface area contributed by atoms with E-state index in [9.17, 15) is 13.2 Å². The van der Waals surface area contributed by atoms with Gasteiger partial charge in [-0.2, -0.15) is 13.2 Å². The molecule has 0 bridgehead atoms. The molecule has 0 saturated carbocycles. The van der Waals surface area contributed by atoms with Crippen LogP contribution in [0.3, 0.4) is 0 Å². The molecule has 0 fully saturated rings. The largest absolute Gasteiger partial charge is 0.416 e. The molecule has 0 aliphatic carbocycles. The van der Waals surface area contributed by atoms with Crippen LogP contribution in [0.15, 0.2) is 24.3 Å². The van der Waals surface area contributed by atoms with Gasteiger partial charge in [-0.25, -0.2) is 0 Å². The van der Waals surface area contributed by atoms with Crippen LogP contribution in [0.25, 0.3) is 0 Å². The van der Waals surface area contributed by atoms with E-state index in [1.807, 2.05) is 0 Å². The van der Waals surface area contributed by atoms with E-state index in [-0.39, 0.29) is 6.10 Å². The van der Waals surface area contributed by atoms with Gasteiger partial charge in [-0.3, -0.25) is 0 Å². The molecule has 1 atom stereocenters. The van der Waals surface area contributed by atoms with Gasteiger partial charge in [0.15, 0.2) is 0 Å². The minimum Gasteiger partial charge on any atom is -0.346 e. The normalized spacial score (nSPS) is 13.3. The average Bonchev–Trinajstić information content (AvgIpc) is 2.60. The predicted octanol–water partition coefficient (Wildman–Crippen LogP) is 5.82. The highest BCUT2D eigenvalue weighted by atomic mass is 19.4. The van der Waals surface area contributed by atoms with Gasteiger partial charge >= 0.3 is 6.18 Å². The van der Waals surface area contributed by atoms with Crippen LogP contribution >= 0.6 is 0 Å². The van der Waals surface area contributed by atoms with Crippen LogP contribution in [-0.4, -0.2) is 22.8 Å². The first-order valence-corrected chi connectivity index (χ1v) is 10.0. The van der Waals surface area contributed by atoms with Crippen molar-refractivity contribution in [3.05, 3.63) is 35.4 Å². The molecule has 156 valence electrons. The van der Waals surface area contributed by atoms with E-state index in [0.29, 0.717) is 24.8 Å². The number of unbranched alkanes of at least 4 members (excludes halogenated alkanes) is 6. The van der Waals surface area contributed by atoms with Crippen LogP contribution in [0.1, 0.15) is 82.3 Å². The number of aliphatic hydroxyl groups excluding tert-OH is 1. The van der Waals surface area contributed by atoms with Crippen molar-refractivity contribution in [1.82, 2.24) is 0 Å². The molecular formula is C21H33F3O3. The van der Waals surface area contributed by atoms with Gasteiger partial charge in [0, 0.05) is 0 Å². The highest BCUT2D eigenvalue weighted by Crippen LogP contribution is 2.30. The summed E-state index contributed by atoms with van der Waals surface area (Å²) in [5, 5.41) is 18.1. The molecule has 2 N–H and O–H groups in total. The van der Waals surface area contributed by atoms with Gasteiger partial charge in [-0.05, 0) is 37.3 Å². The molecule has 0 amide bonds. The number of rotatable bonds is 14. The van der Waals surface area contributed by atoms with Gasteiger partial charge in [0.2, 0.25) is 0 Å². The van der Waals surface area contributed by atoms with Crippen LogP contribution in [0.4, 0.5) is 13.2 Å². The summed E-state index contributed by atoms with van der Waals surface area (Å²) < 4.78 is 43.4. The molecule has 0 aliphatic rings. The third-order valence-electron chi connectivity index (χ3n) is 4.69. The number of aryl methyl sites for hydroxylation is 1. The van der Waals surface area contributed by atoms with Crippen molar-refractivity contribution in [3.63, 3.8) is 0 Å². The van der Waals surface area contributed by atoms with Crippen molar-refractivity contribution < 1.29 is 28.1 Å². The molecule has 1 aromatic carbocycles. The van der Waals surface area contributed by atoms with Crippen molar-refractivity contribution in [2.24, 2.45) is 0 Å². The van der Waals surface area contributed by atoms with Gasteiger partial charge in [0.1, 0.15) is 0 Å². The molecule has 0 aliphatic heterocycles. The molecule has 1 aromatic rings. The molecule has 1 rings (SSSR count). The Morgan fingerprint density at radius 1 is 0.926 bits per heavy atom. The highest BCUT2D eigenvalue weighted by molar-refractivity contribution is 5.25. The molecule has 0 aromatic heterocycles. The Morgan fingerprint density at radius 2 is 1.56 bits per heavy atom. The summed E-state index contributed by atoms with van der Waals surface area (Å²) in [7, 11) is 0. The second-order valence-corrected chi connectivity index (χ2v) is 7.08. The Labute approximate surface area is 160 Å². The van der Waals surface area contributed by atoms with Crippen LogP contribution in [0, 0.1) is 0 Å². The van der Waals surface area contributed by atoms with Gasteiger partial charge in [-0.1, -0.05) is 70.1 Å². The Morgan fingerprint density at radius 3 is 2.19 bits per heavy atom. The Balaban J connectivity index is 2.35. The fourth-order valence-corrected chi connectivity index (χ4v) is 3.22. The lowest BCUT2D eigenvalue weighted by molar-refractivity contribution is -0.257. The van der Waals surface area contributed by atoms with E-state index in [0.717, 1.165) is 25.3 Å². The van der Waals surface area contributed by atoms with Gasteiger partial charge in [0.25, 0.3) is 6.48 Å². The first-order chi connectivity index (χ1) is 12.8. The van der Waals surface area contributed by atoms with Crippen molar-refractivity contribution >= 4 is 0 Å². The Hall–Kier alpha value is -1.11. The number of benzene rings is 1. The quantitative estimate of drug-likeness (QED) is 0.311. The van der Waals surface area contributed by atoms with Crippen LogP contribution in [0.2, 0.25) is 0 Å². The maximum atomic E-state index is 12.8. The lowest BCUT2D eigenvalue weighted by atomic mass is 10.0. The SMILES string of the molecule is CCCCCCCCCC(CCCc1cccc(C(F)(F)F)c1)OC(O)O. The molecule has 6 heteroatoms. The number of halogens is 3. The number of ether oxygens (including phenoxy) is 1. The van der Waals surface area contributed by atoms with Crippen molar-refractivity contribution in [1.29, 1.82) is 0 Å². The molecule has 0 heterocycles.